The molecule has 0 spiro atoms. The molecule has 1 saturated heterocycles. The largest absolute Gasteiger partial charge is 0.328 e. The van der Waals surface area contributed by atoms with E-state index in [9.17, 15) is 19.2 Å². The summed E-state index contributed by atoms with van der Waals surface area (Å²) in [7, 11) is 0. The zero-order chi connectivity index (χ0) is 15.0. The first-order valence-electron chi connectivity index (χ1n) is 6.57. The van der Waals surface area contributed by atoms with Gasteiger partial charge in [0, 0.05) is 30.8 Å². The average molecular weight is 287 g/mol. The molecule has 7 heteroatoms. The van der Waals surface area contributed by atoms with Crippen LogP contribution in [0.15, 0.2) is 18.2 Å². The first-order chi connectivity index (χ1) is 10.1. The molecule has 0 bridgehead atoms. The van der Waals surface area contributed by atoms with E-state index in [1.807, 2.05) is 0 Å². The van der Waals surface area contributed by atoms with Crippen molar-refractivity contribution in [2.45, 2.75) is 13.0 Å². The van der Waals surface area contributed by atoms with Gasteiger partial charge < -0.3 is 9.69 Å². The molecule has 0 saturated carbocycles. The van der Waals surface area contributed by atoms with Crippen molar-refractivity contribution >= 4 is 29.8 Å². The molecule has 1 aromatic rings. The van der Waals surface area contributed by atoms with E-state index >= 15 is 0 Å². The number of carbonyl (C=O) groups is 4. The van der Waals surface area contributed by atoms with Crippen molar-refractivity contribution in [2.75, 3.05) is 18.0 Å². The summed E-state index contributed by atoms with van der Waals surface area (Å²) in [4.78, 5) is 48.5. The standard InChI is InChI=1S/C14H13N3O4/c18-6-5-16-8-9-1-2-10(7-11(9)13(16)20)17-4-3-12(19)15-14(17)21/h1-2,6-7H,3-5,8H2,(H,15,19,21). The predicted molar refractivity (Wildman–Crippen MR) is 72.7 cm³/mol. The van der Waals surface area contributed by atoms with Gasteiger partial charge in [0.25, 0.3) is 5.91 Å². The Morgan fingerprint density at radius 3 is 2.76 bits per heavy atom. The zero-order valence-electron chi connectivity index (χ0n) is 11.2. The van der Waals surface area contributed by atoms with Gasteiger partial charge in [-0.1, -0.05) is 6.07 Å². The molecule has 0 unspecified atom stereocenters. The first kappa shape index (κ1) is 13.3. The maximum atomic E-state index is 12.1. The van der Waals surface area contributed by atoms with E-state index in [0.29, 0.717) is 24.1 Å². The molecule has 4 amide bonds. The minimum atomic E-state index is -0.485. The fourth-order valence-electron chi connectivity index (χ4n) is 2.56. The number of amides is 4. The summed E-state index contributed by atoms with van der Waals surface area (Å²) in [5.41, 5.74) is 1.90. The van der Waals surface area contributed by atoms with Crippen molar-refractivity contribution in [1.82, 2.24) is 10.2 Å². The number of nitrogens with one attached hydrogen (secondary N) is 1. The molecule has 2 aliphatic rings. The Morgan fingerprint density at radius 2 is 2.05 bits per heavy atom. The highest BCUT2D eigenvalue weighted by Crippen LogP contribution is 2.27. The van der Waals surface area contributed by atoms with Crippen LogP contribution >= 0.6 is 0 Å². The molecule has 3 rings (SSSR count). The number of fused-ring (bicyclic) bond motifs is 1. The van der Waals surface area contributed by atoms with E-state index in [1.165, 1.54) is 9.80 Å². The number of hydrogen-bond acceptors (Lipinski definition) is 4. The van der Waals surface area contributed by atoms with E-state index in [1.54, 1.807) is 18.2 Å². The molecule has 21 heavy (non-hydrogen) atoms. The molecule has 7 nitrogen and oxygen atoms in total. The Morgan fingerprint density at radius 1 is 1.24 bits per heavy atom. The van der Waals surface area contributed by atoms with Gasteiger partial charge in [-0.05, 0) is 17.7 Å². The van der Waals surface area contributed by atoms with Gasteiger partial charge in [-0.2, -0.15) is 0 Å². The van der Waals surface area contributed by atoms with Crippen LogP contribution in [0.4, 0.5) is 10.5 Å². The number of aldehydes is 1. The number of imide groups is 1. The molecule has 0 aromatic heterocycles. The third-order valence-electron chi connectivity index (χ3n) is 3.63. The van der Waals surface area contributed by atoms with Crippen LogP contribution in [0.1, 0.15) is 22.3 Å². The topological polar surface area (TPSA) is 86.8 Å². The maximum Gasteiger partial charge on any atom is 0.328 e. The predicted octanol–water partition coefficient (Wildman–Crippen LogP) is 0.288. The molecule has 0 radical (unpaired) electrons. The monoisotopic (exact) mass is 287 g/mol. The lowest BCUT2D eigenvalue weighted by Gasteiger charge is -2.26. The third kappa shape index (κ3) is 2.26. The fourth-order valence-corrected chi connectivity index (χ4v) is 2.56. The normalized spacial score (nSPS) is 17.8. The van der Waals surface area contributed by atoms with Crippen LogP contribution < -0.4 is 10.2 Å². The molecule has 1 fully saturated rings. The smallest absolute Gasteiger partial charge is 0.327 e. The van der Waals surface area contributed by atoms with Gasteiger partial charge in [0.15, 0.2) is 0 Å². The van der Waals surface area contributed by atoms with Crippen molar-refractivity contribution in [3.8, 4) is 0 Å². The van der Waals surface area contributed by atoms with Crippen LogP contribution in [0.2, 0.25) is 0 Å². The second-order valence-electron chi connectivity index (χ2n) is 4.95. The third-order valence-corrected chi connectivity index (χ3v) is 3.63. The SMILES string of the molecule is O=CCN1Cc2ccc(N3CCC(=O)NC3=O)cc2C1=O. The van der Waals surface area contributed by atoms with Gasteiger partial charge in [0.05, 0.1) is 6.54 Å². The zero-order valence-corrected chi connectivity index (χ0v) is 11.2. The van der Waals surface area contributed by atoms with Crippen LogP contribution in [-0.2, 0) is 16.1 Å². The highest BCUT2D eigenvalue weighted by atomic mass is 16.2. The second kappa shape index (κ2) is 5.01. The minimum Gasteiger partial charge on any atom is -0.327 e. The van der Waals surface area contributed by atoms with Crippen molar-refractivity contribution < 1.29 is 19.2 Å². The van der Waals surface area contributed by atoms with Crippen molar-refractivity contribution in [3.63, 3.8) is 0 Å². The molecule has 1 N–H and O–H groups in total. The summed E-state index contributed by atoms with van der Waals surface area (Å²) < 4.78 is 0. The number of hydrogen-bond donors (Lipinski definition) is 1. The number of benzene rings is 1. The molecular formula is C14H13N3O4. The van der Waals surface area contributed by atoms with Gasteiger partial charge in [0.1, 0.15) is 6.29 Å². The highest BCUT2D eigenvalue weighted by molar-refractivity contribution is 6.06. The Balaban J connectivity index is 1.88. The number of carbonyl (C=O) groups excluding carboxylic acids is 4. The Bertz CT molecular complexity index is 656. The molecule has 108 valence electrons. The lowest BCUT2D eigenvalue weighted by atomic mass is 10.1. The number of rotatable bonds is 3. The minimum absolute atomic E-state index is 0.0571. The van der Waals surface area contributed by atoms with Crippen LogP contribution in [-0.4, -0.2) is 42.1 Å². The Labute approximate surface area is 120 Å². The number of urea groups is 1. The van der Waals surface area contributed by atoms with Crippen LogP contribution in [0.25, 0.3) is 0 Å². The van der Waals surface area contributed by atoms with E-state index in [4.69, 9.17) is 0 Å². The van der Waals surface area contributed by atoms with Gasteiger partial charge in [-0.25, -0.2) is 4.79 Å². The van der Waals surface area contributed by atoms with Crippen molar-refractivity contribution in [1.29, 1.82) is 0 Å². The summed E-state index contributed by atoms with van der Waals surface area (Å²) >= 11 is 0. The lowest BCUT2D eigenvalue weighted by Crippen LogP contribution is -2.49. The number of anilines is 1. The summed E-state index contributed by atoms with van der Waals surface area (Å²) in [6.07, 6.45) is 0.919. The number of nitrogens with zero attached hydrogens (tertiary/aromatic N) is 2. The average Bonchev–Trinajstić information content (AvgIpc) is 2.76. The summed E-state index contributed by atoms with van der Waals surface area (Å²) in [5.74, 6) is -0.516. The van der Waals surface area contributed by atoms with Crippen LogP contribution in [0, 0.1) is 0 Å². The molecule has 2 heterocycles. The van der Waals surface area contributed by atoms with Crippen molar-refractivity contribution in [2.24, 2.45) is 0 Å². The maximum absolute atomic E-state index is 12.1. The highest BCUT2D eigenvalue weighted by Gasteiger charge is 2.30. The molecule has 2 aliphatic heterocycles. The van der Waals surface area contributed by atoms with Gasteiger partial charge in [-0.3, -0.25) is 19.8 Å². The van der Waals surface area contributed by atoms with Gasteiger partial charge in [-0.15, -0.1) is 0 Å². The Kier molecular flexibility index (Phi) is 3.17. The second-order valence-corrected chi connectivity index (χ2v) is 4.95. The summed E-state index contributed by atoms with van der Waals surface area (Å²) in [5, 5.41) is 2.24. The quantitative estimate of drug-likeness (QED) is 0.809. The molecule has 1 aromatic carbocycles. The first-order valence-corrected chi connectivity index (χ1v) is 6.57. The summed E-state index contributed by atoms with van der Waals surface area (Å²) in [6, 6.07) is 4.67. The van der Waals surface area contributed by atoms with Gasteiger partial charge in [0.2, 0.25) is 5.91 Å². The van der Waals surface area contributed by atoms with Crippen LogP contribution in [0.5, 0.6) is 0 Å². The molecular weight excluding hydrogens is 274 g/mol. The van der Waals surface area contributed by atoms with E-state index in [2.05, 4.69) is 5.32 Å². The van der Waals surface area contributed by atoms with E-state index in [-0.39, 0.29) is 31.3 Å². The molecule has 0 atom stereocenters. The van der Waals surface area contributed by atoms with Crippen LogP contribution in [0.3, 0.4) is 0 Å². The van der Waals surface area contributed by atoms with Gasteiger partial charge >= 0.3 is 6.03 Å². The van der Waals surface area contributed by atoms with Crippen molar-refractivity contribution in [3.05, 3.63) is 29.3 Å². The van der Waals surface area contributed by atoms with E-state index in [0.717, 1.165) is 5.56 Å². The molecule has 0 aliphatic carbocycles. The lowest BCUT2D eigenvalue weighted by molar-refractivity contribution is -0.120. The Hall–Kier alpha value is -2.70. The van der Waals surface area contributed by atoms with E-state index < -0.39 is 6.03 Å². The fraction of sp³-hybridized carbons (Fsp3) is 0.286. The summed E-state index contributed by atoms with van der Waals surface area (Å²) in [6.45, 7) is 0.745.